The van der Waals surface area contributed by atoms with Crippen molar-refractivity contribution in [3.8, 4) is 11.5 Å². The van der Waals surface area contributed by atoms with E-state index in [9.17, 15) is 9.59 Å². The molecule has 0 spiro atoms. The maximum Gasteiger partial charge on any atom is 0.335 e. The minimum absolute atomic E-state index is 0.231. The molecule has 0 aliphatic rings. The Balaban J connectivity index is 1.56. The number of hydrogen-bond donors (Lipinski definition) is 2. The van der Waals surface area contributed by atoms with Gasteiger partial charge in [0.15, 0.2) is 0 Å². The van der Waals surface area contributed by atoms with Crippen molar-refractivity contribution in [3.63, 3.8) is 0 Å². The Morgan fingerprint density at radius 1 is 0.923 bits per heavy atom. The second-order valence-corrected chi connectivity index (χ2v) is 12.9. The monoisotopic (exact) mass is 721 g/mol. The smallest absolute Gasteiger partial charge is 0.335 e. The summed E-state index contributed by atoms with van der Waals surface area (Å²) in [5.41, 5.74) is 4.71. The van der Waals surface area contributed by atoms with E-state index in [4.69, 9.17) is 31.2 Å². The summed E-state index contributed by atoms with van der Waals surface area (Å²) < 4.78 is 13.9. The molecule has 0 bridgehead atoms. The number of aromatic nitrogens is 2. The van der Waals surface area contributed by atoms with Gasteiger partial charge in [0.2, 0.25) is 5.91 Å². The molecule has 1 unspecified atom stereocenters. The number of carboxylic acids is 1. The number of aryl methyl sites for hydroxylation is 1. The van der Waals surface area contributed by atoms with E-state index < -0.39 is 12.0 Å². The zero-order valence-electron chi connectivity index (χ0n) is 30.2. The molecule has 0 fully saturated rings. The lowest BCUT2D eigenvalue weighted by atomic mass is 10.0. The van der Waals surface area contributed by atoms with Gasteiger partial charge in [0, 0.05) is 23.8 Å². The minimum Gasteiger partial charge on any atom is -0.494 e. The molecule has 1 heterocycles. The first-order valence-corrected chi connectivity index (χ1v) is 18.1. The third kappa shape index (κ3) is 12.5. The van der Waals surface area contributed by atoms with Gasteiger partial charge < -0.3 is 24.5 Å². The van der Waals surface area contributed by atoms with Gasteiger partial charge in [0.05, 0.1) is 23.9 Å². The highest BCUT2D eigenvalue weighted by atomic mass is 35.5. The number of halogens is 1. The molecule has 0 saturated carbocycles. The van der Waals surface area contributed by atoms with Crippen LogP contribution in [0.3, 0.4) is 0 Å². The van der Waals surface area contributed by atoms with Crippen LogP contribution in [0, 0.1) is 0 Å². The molecular weight excluding hydrogens is 674 g/mol. The van der Waals surface area contributed by atoms with Crippen molar-refractivity contribution >= 4 is 35.1 Å². The van der Waals surface area contributed by atoms with Crippen LogP contribution >= 0.6 is 11.6 Å². The maximum atomic E-state index is 13.5. The molecule has 0 radical (unpaired) electrons. The summed E-state index contributed by atoms with van der Waals surface area (Å²) in [5, 5.41) is 12.9. The second kappa shape index (κ2) is 20.5. The molecule has 4 aromatic rings. The highest BCUT2D eigenvalue weighted by molar-refractivity contribution is 6.31. The molecule has 1 aromatic heterocycles. The van der Waals surface area contributed by atoms with E-state index in [1.807, 2.05) is 67.7 Å². The Labute approximate surface area is 312 Å². The van der Waals surface area contributed by atoms with Crippen LogP contribution in [0.25, 0.3) is 11.6 Å². The number of amides is 1. The van der Waals surface area contributed by atoms with Gasteiger partial charge in [0.25, 0.3) is 0 Å². The molecule has 1 atom stereocenters. The van der Waals surface area contributed by atoms with Crippen molar-refractivity contribution in [1.82, 2.24) is 14.9 Å². The number of allylic oxidation sites excluding steroid dienone is 5. The molecular formula is C43H48ClN3O5. The standard InChI is InChI=1S/C43H48ClN3O5/c1-5-8-26-47-29-40(31(4)10-20-36(44)7-3)46-42(47)39(45-41(48)25-17-32-13-21-37(22-14-32)51-27-9-6-2)28-33-15-23-38(24-16-33)52-30-34-11-18-35(19-12-34)43(49)50/h7,10-25,29,39H,3,5-6,8-9,26-28,30H2,1-2,4H3,(H,45,48)(H,49,50)/b25-17+,31-10+,36-20+. The number of nitrogens with zero attached hydrogens (tertiary/aromatic N) is 2. The van der Waals surface area contributed by atoms with E-state index in [1.54, 1.807) is 48.6 Å². The molecule has 0 aliphatic heterocycles. The number of carbonyl (C=O) groups is 2. The third-order valence-corrected chi connectivity index (χ3v) is 8.60. The molecule has 8 nitrogen and oxygen atoms in total. The fraction of sp³-hybridized carbons (Fsp3) is 0.279. The van der Waals surface area contributed by atoms with Gasteiger partial charge in [0.1, 0.15) is 23.9 Å². The van der Waals surface area contributed by atoms with E-state index >= 15 is 0 Å². The van der Waals surface area contributed by atoms with E-state index in [1.165, 1.54) is 0 Å². The average molecular weight is 722 g/mol. The van der Waals surface area contributed by atoms with E-state index in [-0.39, 0.29) is 11.5 Å². The number of hydrogen-bond acceptors (Lipinski definition) is 5. The van der Waals surface area contributed by atoms with Crippen LogP contribution < -0.4 is 14.8 Å². The van der Waals surface area contributed by atoms with Gasteiger partial charge in [-0.25, -0.2) is 9.78 Å². The Kier molecular flexibility index (Phi) is 15.5. The molecule has 9 heteroatoms. The summed E-state index contributed by atoms with van der Waals surface area (Å²) in [5.74, 6) is 1.04. The number of rotatable bonds is 20. The second-order valence-electron chi connectivity index (χ2n) is 12.4. The zero-order chi connectivity index (χ0) is 37.3. The summed E-state index contributed by atoms with van der Waals surface area (Å²) in [7, 11) is 0. The molecule has 0 saturated heterocycles. The fourth-order valence-electron chi connectivity index (χ4n) is 5.24. The van der Waals surface area contributed by atoms with Crippen LogP contribution in [-0.2, 0) is 24.4 Å². The number of carbonyl (C=O) groups excluding carboxylic acids is 1. The number of carboxylic acid groups (broad SMARTS) is 1. The van der Waals surface area contributed by atoms with Crippen LogP contribution in [0.2, 0.25) is 0 Å². The van der Waals surface area contributed by atoms with Crippen molar-refractivity contribution in [2.24, 2.45) is 0 Å². The van der Waals surface area contributed by atoms with Gasteiger partial charge in [-0.1, -0.05) is 93.4 Å². The van der Waals surface area contributed by atoms with E-state index in [0.29, 0.717) is 30.4 Å². The van der Waals surface area contributed by atoms with Crippen LogP contribution in [0.5, 0.6) is 11.5 Å². The molecule has 4 rings (SSSR count). The predicted octanol–water partition coefficient (Wildman–Crippen LogP) is 9.96. The first-order chi connectivity index (χ1) is 25.2. The molecule has 0 aliphatic carbocycles. The van der Waals surface area contributed by atoms with Gasteiger partial charge in [-0.3, -0.25) is 4.79 Å². The molecule has 2 N–H and O–H groups in total. The lowest BCUT2D eigenvalue weighted by molar-refractivity contribution is -0.117. The summed E-state index contributed by atoms with van der Waals surface area (Å²) in [6.07, 6.45) is 15.2. The number of unbranched alkanes of at least 4 members (excludes halogenated alkanes) is 2. The van der Waals surface area contributed by atoms with Crippen molar-refractivity contribution < 1.29 is 24.2 Å². The lowest BCUT2D eigenvalue weighted by Crippen LogP contribution is -2.31. The predicted molar refractivity (Wildman–Crippen MR) is 210 cm³/mol. The Morgan fingerprint density at radius 2 is 1.58 bits per heavy atom. The quantitative estimate of drug-likeness (QED) is 0.0535. The highest BCUT2D eigenvalue weighted by Crippen LogP contribution is 2.25. The lowest BCUT2D eigenvalue weighted by Gasteiger charge is -2.20. The fourth-order valence-corrected chi connectivity index (χ4v) is 5.30. The molecule has 3 aromatic carbocycles. The van der Waals surface area contributed by atoms with E-state index in [0.717, 1.165) is 71.8 Å². The SMILES string of the molecule is C=C/C(Cl)=C\C=C(/C)c1cn(CCCC)c(C(Cc2ccc(OCc3ccc(C(=O)O)cc3)cc2)NC(=O)/C=C/c2ccc(OCCCC)cc2)n1. The van der Waals surface area contributed by atoms with Crippen molar-refractivity contribution in [2.45, 2.75) is 72.1 Å². The Hall–Kier alpha value is -5.34. The third-order valence-electron chi connectivity index (χ3n) is 8.32. The Morgan fingerprint density at radius 3 is 2.23 bits per heavy atom. The highest BCUT2D eigenvalue weighted by Gasteiger charge is 2.22. The number of benzene rings is 3. The summed E-state index contributed by atoms with van der Waals surface area (Å²) in [6.45, 7) is 11.7. The summed E-state index contributed by atoms with van der Waals surface area (Å²) >= 11 is 6.17. The summed E-state index contributed by atoms with van der Waals surface area (Å²) in [6, 6.07) is 21.6. The maximum absolute atomic E-state index is 13.5. The first-order valence-electron chi connectivity index (χ1n) is 17.7. The normalized spacial score (nSPS) is 12.5. The van der Waals surface area contributed by atoms with Crippen molar-refractivity contribution in [3.05, 3.63) is 149 Å². The number of aromatic carboxylic acids is 1. The topological polar surface area (TPSA) is 103 Å². The molecule has 52 heavy (non-hydrogen) atoms. The molecule has 1 amide bonds. The summed E-state index contributed by atoms with van der Waals surface area (Å²) in [4.78, 5) is 29.7. The van der Waals surface area contributed by atoms with Crippen molar-refractivity contribution in [2.75, 3.05) is 6.61 Å². The zero-order valence-corrected chi connectivity index (χ0v) is 30.9. The Bertz CT molecular complexity index is 1860. The van der Waals surface area contributed by atoms with Gasteiger partial charge >= 0.3 is 5.97 Å². The van der Waals surface area contributed by atoms with Gasteiger partial charge in [-0.2, -0.15) is 0 Å². The number of imidazole rings is 1. The molecule has 272 valence electrons. The van der Waals surface area contributed by atoms with Crippen LogP contribution in [-0.4, -0.2) is 33.1 Å². The van der Waals surface area contributed by atoms with Crippen LogP contribution in [0.15, 0.2) is 115 Å². The van der Waals surface area contributed by atoms with Crippen molar-refractivity contribution in [1.29, 1.82) is 0 Å². The average Bonchev–Trinajstić information content (AvgIpc) is 3.59. The first kappa shape index (κ1) is 39.4. The number of ether oxygens (including phenoxy) is 2. The minimum atomic E-state index is -0.965. The largest absolute Gasteiger partial charge is 0.494 e. The van der Waals surface area contributed by atoms with E-state index in [2.05, 4.69) is 30.3 Å². The number of nitrogens with one attached hydrogen (secondary N) is 1. The van der Waals surface area contributed by atoms with Crippen LogP contribution in [0.1, 0.15) is 91.1 Å². The van der Waals surface area contributed by atoms with Gasteiger partial charge in [-0.15, -0.1) is 0 Å². The van der Waals surface area contributed by atoms with Crippen LogP contribution in [0.4, 0.5) is 0 Å². The van der Waals surface area contributed by atoms with Gasteiger partial charge in [-0.05, 0) is 97.0 Å².